The molecule has 138 valence electrons. The Balaban J connectivity index is 1.35. The van der Waals surface area contributed by atoms with E-state index < -0.39 is 5.69 Å². The Kier molecular flexibility index (Phi) is 4.20. The summed E-state index contributed by atoms with van der Waals surface area (Å²) in [6.07, 6.45) is 2.91. The molecule has 2 fully saturated rings. The van der Waals surface area contributed by atoms with Crippen LogP contribution in [-0.2, 0) is 0 Å². The van der Waals surface area contributed by atoms with Crippen molar-refractivity contribution in [1.29, 1.82) is 0 Å². The summed E-state index contributed by atoms with van der Waals surface area (Å²) < 4.78 is 7.39. The second-order valence-electron chi connectivity index (χ2n) is 7.56. The molecule has 7 nitrogen and oxygen atoms in total. The minimum atomic E-state index is -0.395. The Hall–Kier alpha value is -2.38. The smallest absolute Gasteiger partial charge is 0.354 e. The van der Waals surface area contributed by atoms with Crippen LogP contribution in [0.25, 0.3) is 5.69 Å². The number of benzene rings is 1. The zero-order chi connectivity index (χ0) is 18.3. The van der Waals surface area contributed by atoms with Crippen LogP contribution in [0.5, 0.6) is 5.75 Å². The average molecular weight is 355 g/mol. The summed E-state index contributed by atoms with van der Waals surface area (Å²) in [7, 11) is 0. The number of likely N-dealkylation sites (tertiary alicyclic amines) is 1. The molecule has 3 unspecified atom stereocenters. The van der Waals surface area contributed by atoms with Crippen LogP contribution in [0.4, 0.5) is 5.82 Å². The van der Waals surface area contributed by atoms with Gasteiger partial charge in [0.2, 0.25) is 0 Å². The number of aromatic nitrogens is 2. The highest BCUT2D eigenvalue weighted by atomic mass is 16.5. The summed E-state index contributed by atoms with van der Waals surface area (Å²) in [5.74, 6) is 1.78. The molecule has 2 aromatic rings. The molecule has 0 amide bonds. The molecule has 1 saturated heterocycles. The minimum Gasteiger partial charge on any atom is -0.492 e. The number of nitrogens with two attached hydrogens (primary N) is 2. The Bertz CT molecular complexity index is 846. The topological polar surface area (TPSA) is 99.4 Å². The lowest BCUT2D eigenvalue weighted by atomic mass is 10.1. The molecule has 0 radical (unpaired) electrons. The minimum absolute atomic E-state index is 0.219. The van der Waals surface area contributed by atoms with Crippen molar-refractivity contribution in [3.63, 3.8) is 0 Å². The highest BCUT2D eigenvalue weighted by Crippen LogP contribution is 2.57. The van der Waals surface area contributed by atoms with Crippen LogP contribution >= 0.6 is 0 Å². The number of hydrogen-bond acceptors (Lipinski definition) is 6. The third-order valence-corrected chi connectivity index (χ3v) is 5.79. The van der Waals surface area contributed by atoms with E-state index in [1.54, 1.807) is 12.3 Å². The van der Waals surface area contributed by atoms with Crippen molar-refractivity contribution in [3.8, 4) is 11.4 Å². The van der Waals surface area contributed by atoms with Crippen LogP contribution in [0.15, 0.2) is 41.3 Å². The highest BCUT2D eigenvalue weighted by Gasteiger charge is 2.59. The maximum absolute atomic E-state index is 11.9. The van der Waals surface area contributed by atoms with Crippen molar-refractivity contribution in [2.75, 3.05) is 32.0 Å². The number of hydrogen-bond donors (Lipinski definition) is 2. The van der Waals surface area contributed by atoms with Crippen LogP contribution < -0.4 is 21.9 Å². The van der Waals surface area contributed by atoms with E-state index in [1.165, 1.54) is 11.0 Å². The standard InChI is InChI=1S/C19H25N5O2/c1-13(23-9-14-8-19(14,11-20)12-23)10-26-16-4-2-15(3-5-16)24-7-6-17(21)22-18(24)25/h2-7,13-14H,8-12,20H2,1H3,(H2,21,22,25). The third kappa shape index (κ3) is 3.08. The molecule has 7 heteroatoms. The number of anilines is 1. The lowest BCUT2D eigenvalue weighted by Crippen LogP contribution is -2.38. The normalized spacial score (nSPS) is 25.7. The van der Waals surface area contributed by atoms with Crippen LogP contribution in [0.3, 0.4) is 0 Å². The predicted molar refractivity (Wildman–Crippen MR) is 100 cm³/mol. The summed E-state index contributed by atoms with van der Waals surface area (Å²) in [6, 6.07) is 9.38. The van der Waals surface area contributed by atoms with Gasteiger partial charge in [0.05, 0.1) is 5.69 Å². The zero-order valence-corrected chi connectivity index (χ0v) is 15.0. The molecule has 4 rings (SSSR count). The average Bonchev–Trinajstić information content (AvgIpc) is 3.21. The van der Waals surface area contributed by atoms with Gasteiger partial charge < -0.3 is 16.2 Å². The number of fused-ring (bicyclic) bond motifs is 1. The van der Waals surface area contributed by atoms with E-state index in [9.17, 15) is 4.79 Å². The third-order valence-electron chi connectivity index (χ3n) is 5.79. The summed E-state index contributed by atoms with van der Waals surface area (Å²) in [5, 5.41) is 0. The van der Waals surface area contributed by atoms with Crippen molar-refractivity contribution in [2.24, 2.45) is 17.1 Å². The SMILES string of the molecule is CC(COc1ccc(-n2ccc(N)nc2=O)cc1)N1CC2CC2(CN)C1. The van der Waals surface area contributed by atoms with Crippen molar-refractivity contribution in [3.05, 3.63) is 47.0 Å². The second-order valence-corrected chi connectivity index (χ2v) is 7.56. The Labute approximate surface area is 152 Å². The van der Waals surface area contributed by atoms with Crippen molar-refractivity contribution in [1.82, 2.24) is 14.5 Å². The highest BCUT2D eigenvalue weighted by molar-refractivity contribution is 5.38. The van der Waals surface area contributed by atoms with Crippen molar-refractivity contribution < 1.29 is 4.74 Å². The summed E-state index contributed by atoms with van der Waals surface area (Å²) in [5.41, 5.74) is 12.2. The van der Waals surface area contributed by atoms with E-state index in [0.717, 1.165) is 37.0 Å². The van der Waals surface area contributed by atoms with Gasteiger partial charge in [0, 0.05) is 25.3 Å². The molecular formula is C19H25N5O2. The number of nitrogens with zero attached hydrogens (tertiary/aromatic N) is 3. The summed E-state index contributed by atoms with van der Waals surface area (Å²) in [4.78, 5) is 18.1. The van der Waals surface area contributed by atoms with E-state index in [-0.39, 0.29) is 5.82 Å². The van der Waals surface area contributed by atoms with Gasteiger partial charge in [-0.15, -0.1) is 0 Å². The van der Waals surface area contributed by atoms with Gasteiger partial charge in [0.25, 0.3) is 0 Å². The molecule has 1 aliphatic heterocycles. The van der Waals surface area contributed by atoms with E-state index in [0.29, 0.717) is 18.1 Å². The van der Waals surface area contributed by atoms with Crippen molar-refractivity contribution >= 4 is 5.82 Å². The fraction of sp³-hybridized carbons (Fsp3) is 0.474. The van der Waals surface area contributed by atoms with Gasteiger partial charge in [-0.3, -0.25) is 9.47 Å². The van der Waals surface area contributed by atoms with Crippen LogP contribution in [0.1, 0.15) is 13.3 Å². The van der Waals surface area contributed by atoms with Gasteiger partial charge in [0.15, 0.2) is 0 Å². The molecule has 1 aliphatic carbocycles. The number of nitrogen functional groups attached to an aromatic ring is 1. The van der Waals surface area contributed by atoms with Crippen LogP contribution in [0, 0.1) is 11.3 Å². The molecular weight excluding hydrogens is 330 g/mol. The lowest BCUT2D eigenvalue weighted by Gasteiger charge is -2.27. The maximum Gasteiger partial charge on any atom is 0.354 e. The first-order valence-corrected chi connectivity index (χ1v) is 9.03. The molecule has 1 aromatic heterocycles. The van der Waals surface area contributed by atoms with E-state index in [2.05, 4.69) is 16.8 Å². The fourth-order valence-electron chi connectivity index (χ4n) is 3.92. The van der Waals surface area contributed by atoms with Gasteiger partial charge in [-0.1, -0.05) is 0 Å². The van der Waals surface area contributed by atoms with Gasteiger partial charge in [-0.05, 0) is 61.6 Å². The molecule has 0 spiro atoms. The van der Waals surface area contributed by atoms with E-state index >= 15 is 0 Å². The molecule has 2 heterocycles. The second kappa shape index (κ2) is 6.41. The quantitative estimate of drug-likeness (QED) is 0.797. The molecule has 2 aliphatic rings. The van der Waals surface area contributed by atoms with Crippen LogP contribution in [0.2, 0.25) is 0 Å². The zero-order valence-electron chi connectivity index (χ0n) is 15.0. The van der Waals surface area contributed by atoms with E-state index in [4.69, 9.17) is 16.2 Å². The van der Waals surface area contributed by atoms with E-state index in [1.807, 2.05) is 24.3 Å². The first kappa shape index (κ1) is 17.1. The lowest BCUT2D eigenvalue weighted by molar-refractivity contribution is 0.152. The first-order chi connectivity index (χ1) is 12.5. The molecule has 0 bridgehead atoms. The number of ether oxygens (including phenoxy) is 1. The molecule has 4 N–H and O–H groups in total. The van der Waals surface area contributed by atoms with Crippen molar-refractivity contribution in [2.45, 2.75) is 19.4 Å². The Morgan fingerprint density at radius 2 is 2.12 bits per heavy atom. The molecule has 26 heavy (non-hydrogen) atoms. The summed E-state index contributed by atoms with van der Waals surface area (Å²) >= 11 is 0. The van der Waals surface area contributed by atoms with Gasteiger partial charge in [0.1, 0.15) is 18.2 Å². The number of piperidine rings is 1. The molecule has 1 aromatic carbocycles. The number of rotatable bonds is 6. The van der Waals surface area contributed by atoms with Gasteiger partial charge >= 0.3 is 5.69 Å². The monoisotopic (exact) mass is 355 g/mol. The fourth-order valence-corrected chi connectivity index (χ4v) is 3.92. The van der Waals surface area contributed by atoms with Gasteiger partial charge in [-0.25, -0.2) is 4.79 Å². The predicted octanol–water partition coefficient (Wildman–Crippen LogP) is 0.863. The maximum atomic E-state index is 11.9. The largest absolute Gasteiger partial charge is 0.492 e. The Morgan fingerprint density at radius 1 is 1.35 bits per heavy atom. The first-order valence-electron chi connectivity index (χ1n) is 9.03. The van der Waals surface area contributed by atoms with Crippen LogP contribution in [-0.4, -0.2) is 46.7 Å². The molecule has 3 atom stereocenters. The Morgan fingerprint density at radius 3 is 2.77 bits per heavy atom. The van der Waals surface area contributed by atoms with Gasteiger partial charge in [-0.2, -0.15) is 4.98 Å². The summed E-state index contributed by atoms with van der Waals surface area (Å²) in [6.45, 7) is 5.85. The molecule has 1 saturated carbocycles.